The van der Waals surface area contributed by atoms with Crippen molar-refractivity contribution < 1.29 is 46.8 Å². The lowest BCUT2D eigenvalue weighted by atomic mass is 10.1. The average molecular weight is 663 g/mol. The third-order valence-corrected chi connectivity index (χ3v) is 7.83. The molecule has 0 amide bonds. The molecule has 0 radical (unpaired) electrons. The van der Waals surface area contributed by atoms with Gasteiger partial charge in [0.05, 0.1) is 26.7 Å². The lowest BCUT2D eigenvalue weighted by Crippen LogP contribution is -2.55. The number of alkyl halides is 1. The second-order valence-electron chi connectivity index (χ2n) is 9.69. The minimum absolute atomic E-state index is 0.00964. The number of halogens is 2. The summed E-state index contributed by atoms with van der Waals surface area (Å²) >= 11 is 0. The number of guanidine groups is 1. The summed E-state index contributed by atoms with van der Waals surface area (Å²) in [5.41, 5.74) is 5.94. The molecule has 0 fully saturated rings. The van der Waals surface area contributed by atoms with Gasteiger partial charge in [-0.1, -0.05) is 38.6 Å². The smallest absolute Gasteiger partial charge is 0.459 e. The molecule has 0 saturated carbocycles. The zero-order valence-corrected chi connectivity index (χ0v) is 27.6. The normalized spacial score (nSPS) is 21.5. The number of aliphatic hydroxyl groups excluding tert-OH is 1. The molecule has 14 nitrogen and oxygen atoms in total. The zero-order valence-electron chi connectivity index (χ0n) is 26.7. The van der Waals surface area contributed by atoms with Crippen LogP contribution in [0.5, 0.6) is 5.75 Å². The van der Waals surface area contributed by atoms with Crippen molar-refractivity contribution in [2.45, 2.75) is 84.6 Å². The monoisotopic (exact) mass is 662 g/mol. The zero-order chi connectivity index (χ0) is 34.2. The Hall–Kier alpha value is -3.43. The molecule has 1 aliphatic heterocycles. The van der Waals surface area contributed by atoms with E-state index < -0.39 is 44.4 Å². The van der Waals surface area contributed by atoms with Crippen LogP contribution in [0.3, 0.4) is 0 Å². The largest absolute Gasteiger partial charge is 0.476 e. The van der Waals surface area contributed by atoms with Gasteiger partial charge in [0.2, 0.25) is 17.6 Å². The van der Waals surface area contributed by atoms with Gasteiger partial charge in [-0.2, -0.15) is 15.0 Å². The number of para-hydroxylation sites is 1. The Morgan fingerprint density at radius 2 is 1.87 bits per heavy atom. The van der Waals surface area contributed by atoms with Crippen molar-refractivity contribution >= 4 is 31.9 Å². The molecule has 5 atom stereocenters. The second-order valence-corrected chi connectivity index (χ2v) is 11.4. The van der Waals surface area contributed by atoms with Gasteiger partial charge in [0.25, 0.3) is 0 Å². The summed E-state index contributed by atoms with van der Waals surface area (Å²) in [5, 5.41) is 13.5. The Labute approximate surface area is 262 Å². The first-order valence-corrected chi connectivity index (χ1v) is 15.8. The van der Waals surface area contributed by atoms with Crippen molar-refractivity contribution in [2.75, 3.05) is 20.3 Å². The summed E-state index contributed by atoms with van der Waals surface area (Å²) < 4.78 is 61.7. The van der Waals surface area contributed by atoms with Crippen LogP contribution in [0, 0.1) is 0 Å². The summed E-state index contributed by atoms with van der Waals surface area (Å²) in [5.74, 6) is -3.33. The van der Waals surface area contributed by atoms with Gasteiger partial charge in [0.1, 0.15) is 35.9 Å². The number of ether oxygens (including phenoxy) is 2. The van der Waals surface area contributed by atoms with E-state index in [-0.39, 0.29) is 36.0 Å². The minimum atomic E-state index is -4.37. The molecule has 0 aromatic heterocycles. The van der Waals surface area contributed by atoms with E-state index in [9.17, 15) is 19.0 Å². The topological polar surface area (TPSA) is 179 Å². The first-order chi connectivity index (χ1) is 21.2. The molecule has 1 aliphatic rings. The fourth-order valence-electron chi connectivity index (χ4n) is 3.68. The Bertz CT molecular complexity index is 1220. The van der Waals surface area contributed by atoms with E-state index >= 15 is 4.39 Å². The highest BCUT2D eigenvalue weighted by molar-refractivity contribution is 7.52. The van der Waals surface area contributed by atoms with Crippen molar-refractivity contribution in [3.63, 3.8) is 0 Å². The number of benzene rings is 1. The maximum atomic E-state index is 16.3. The van der Waals surface area contributed by atoms with Crippen molar-refractivity contribution in [3.8, 4) is 5.75 Å². The molecule has 3 unspecified atom stereocenters. The predicted octanol–water partition coefficient (Wildman–Crippen LogP) is 4.42. The molecule has 2 rings (SSSR count). The van der Waals surface area contributed by atoms with E-state index in [1.807, 2.05) is 13.8 Å². The van der Waals surface area contributed by atoms with Crippen LogP contribution in [-0.2, 0) is 28.3 Å². The van der Waals surface area contributed by atoms with E-state index in [0.29, 0.717) is 12.8 Å². The molecule has 17 heteroatoms. The molecule has 254 valence electrons. The maximum Gasteiger partial charge on any atom is 0.459 e. The van der Waals surface area contributed by atoms with Crippen LogP contribution in [0.4, 0.5) is 8.92 Å². The Balaban J connectivity index is 0.00000324. The first-order valence-electron chi connectivity index (χ1n) is 14.2. The third-order valence-electron chi connectivity index (χ3n) is 6.19. The van der Waals surface area contributed by atoms with Gasteiger partial charge in [-0.05, 0) is 57.2 Å². The number of nitrogens with one attached hydrogen (secondary N) is 1. The highest BCUT2D eigenvalue weighted by Crippen LogP contribution is 2.45. The molecule has 0 aliphatic carbocycles. The van der Waals surface area contributed by atoms with Crippen molar-refractivity contribution in [1.82, 2.24) is 9.99 Å². The van der Waals surface area contributed by atoms with E-state index in [4.69, 9.17) is 24.3 Å². The SMILES string of the molecule is C=C1N=CN([C@](C)(F)[C@H](O)COP(=O)(NC(C)C(=O)OC(CC)CC)Oc2ccccc2)C(C)/N=C(N)\N=C/1OCC.COF. The van der Waals surface area contributed by atoms with Gasteiger partial charge in [-0.25, -0.2) is 18.9 Å². The fourth-order valence-corrected chi connectivity index (χ4v) is 5.18. The van der Waals surface area contributed by atoms with Crippen molar-refractivity contribution in [2.24, 2.45) is 20.7 Å². The highest BCUT2D eigenvalue weighted by atomic mass is 31.2. The molecule has 1 aromatic carbocycles. The molecule has 1 aromatic rings. The van der Waals surface area contributed by atoms with Gasteiger partial charge in [0, 0.05) is 0 Å². The molecular formula is C28H45F2N6O8P. The number of hydrogen-bond donors (Lipinski definition) is 3. The molecule has 45 heavy (non-hydrogen) atoms. The third kappa shape index (κ3) is 12.8. The number of esters is 1. The quantitative estimate of drug-likeness (QED) is 0.146. The van der Waals surface area contributed by atoms with Crippen LogP contribution in [0.25, 0.3) is 0 Å². The predicted molar refractivity (Wildman–Crippen MR) is 167 cm³/mol. The summed E-state index contributed by atoms with van der Waals surface area (Å²) in [4.78, 5) is 28.7. The Morgan fingerprint density at radius 1 is 1.27 bits per heavy atom. The highest BCUT2D eigenvalue weighted by Gasteiger charge is 2.43. The minimum Gasteiger partial charge on any atom is -0.476 e. The number of aliphatic hydroxyl groups is 1. The summed E-state index contributed by atoms with van der Waals surface area (Å²) in [6, 6.07) is 6.93. The number of nitrogens with zero attached hydrogens (tertiary/aromatic N) is 4. The molecule has 4 N–H and O–H groups in total. The lowest BCUT2D eigenvalue weighted by Gasteiger charge is -2.39. The van der Waals surface area contributed by atoms with Gasteiger partial charge >= 0.3 is 13.7 Å². The van der Waals surface area contributed by atoms with Crippen LogP contribution in [-0.4, -0.2) is 84.7 Å². The average Bonchev–Trinajstić information content (AvgIpc) is 3.03. The molecular weight excluding hydrogens is 617 g/mol. The fraction of sp³-hybridized carbons (Fsp3) is 0.571. The van der Waals surface area contributed by atoms with Crippen LogP contribution in [0.2, 0.25) is 0 Å². The standard InChI is InChI=1S/C27H42FN6O7P.CH3FO/c1-8-21(9-2)40-25(36)19(5)33-42(37,41-22-14-12-11-13-15-22)39-16-23(35)27(7,28)34-17-30-18(4)24(38-10-3)32-26(29)31-20(34)6;1-3-2/h11-15,17,19-21,23,35H,4,8-10,16H2,1-3,5-7H3,(H2,29,31)(H,33,37);1H3/b30-17?,32-24+;/t19?,20?,23-,27+,42?;/m1./s1. The van der Waals surface area contributed by atoms with E-state index in [1.165, 1.54) is 26.0 Å². The van der Waals surface area contributed by atoms with E-state index in [2.05, 4.69) is 31.6 Å². The summed E-state index contributed by atoms with van der Waals surface area (Å²) in [6.45, 7) is 12.7. The van der Waals surface area contributed by atoms with E-state index in [0.717, 1.165) is 25.3 Å². The van der Waals surface area contributed by atoms with Crippen molar-refractivity contribution in [3.05, 3.63) is 42.6 Å². The number of rotatable bonds is 14. The Morgan fingerprint density at radius 3 is 2.42 bits per heavy atom. The molecule has 1 heterocycles. The van der Waals surface area contributed by atoms with Crippen LogP contribution >= 0.6 is 7.75 Å². The first kappa shape index (κ1) is 39.6. The number of hydrogen-bond acceptors (Lipinski definition) is 13. The second kappa shape index (κ2) is 19.2. The lowest BCUT2D eigenvalue weighted by molar-refractivity contribution is -0.151. The molecule has 0 bridgehead atoms. The van der Waals surface area contributed by atoms with Crippen molar-refractivity contribution in [1.29, 1.82) is 0 Å². The van der Waals surface area contributed by atoms with Crippen LogP contribution < -0.4 is 15.3 Å². The number of aliphatic imine (C=N–C) groups is 3. The van der Waals surface area contributed by atoms with E-state index in [1.54, 1.807) is 25.1 Å². The summed E-state index contributed by atoms with van der Waals surface area (Å²) in [7, 11) is -3.42. The number of nitrogens with two attached hydrogens (primary N) is 1. The Kier molecular flexibility index (Phi) is 16.9. The van der Waals surface area contributed by atoms with Crippen LogP contribution in [0.15, 0.2) is 57.6 Å². The molecule has 0 saturated heterocycles. The van der Waals surface area contributed by atoms with Gasteiger partial charge in [-0.3, -0.25) is 9.32 Å². The summed E-state index contributed by atoms with van der Waals surface area (Å²) in [6.07, 6.45) is -0.955. The maximum absolute atomic E-state index is 16.3. The molecule has 0 spiro atoms. The van der Waals surface area contributed by atoms with Crippen LogP contribution in [0.1, 0.15) is 54.4 Å². The number of carbonyl (C=O) groups excluding carboxylic acids is 1. The van der Waals surface area contributed by atoms with Gasteiger partial charge in [0.15, 0.2) is 0 Å². The van der Waals surface area contributed by atoms with Gasteiger partial charge in [-0.15, -0.1) is 0 Å². The van der Waals surface area contributed by atoms with Gasteiger partial charge < -0.3 is 29.7 Å². The number of carbonyl (C=O) groups is 1.